The number of nitrogens with zero attached hydrogens (tertiary/aromatic N) is 5. The minimum atomic E-state index is -0.665. The maximum absolute atomic E-state index is 13.4. The van der Waals surface area contributed by atoms with Gasteiger partial charge < -0.3 is 15.1 Å². The van der Waals surface area contributed by atoms with Crippen molar-refractivity contribution in [1.29, 1.82) is 0 Å². The van der Waals surface area contributed by atoms with Crippen molar-refractivity contribution in [3.8, 4) is 0 Å². The van der Waals surface area contributed by atoms with Gasteiger partial charge in [0.25, 0.3) is 0 Å². The summed E-state index contributed by atoms with van der Waals surface area (Å²) < 4.78 is 1.17. The number of rotatable bonds is 5. The van der Waals surface area contributed by atoms with Crippen LogP contribution in [-0.4, -0.2) is 68.0 Å². The first kappa shape index (κ1) is 24.0. The van der Waals surface area contributed by atoms with Crippen LogP contribution >= 0.6 is 11.3 Å². The summed E-state index contributed by atoms with van der Waals surface area (Å²) in [4.78, 5) is 39.8. The number of piperidine rings is 1. The molecule has 2 atom stereocenters. The van der Waals surface area contributed by atoms with Crippen molar-refractivity contribution in [2.45, 2.75) is 45.1 Å². The highest BCUT2D eigenvalue weighted by Gasteiger charge is 2.34. The van der Waals surface area contributed by atoms with Gasteiger partial charge in [0, 0.05) is 31.1 Å². The third kappa shape index (κ3) is 4.95. The van der Waals surface area contributed by atoms with Crippen molar-refractivity contribution >= 4 is 50.0 Å². The third-order valence-corrected chi connectivity index (χ3v) is 8.65. The van der Waals surface area contributed by atoms with E-state index in [0.29, 0.717) is 23.7 Å². The number of likely N-dealkylation sites (tertiary alicyclic amines) is 2. The number of thiazole rings is 1. The summed E-state index contributed by atoms with van der Waals surface area (Å²) in [5.41, 5.74) is 3.11. The molecule has 2 N–H and O–H groups in total. The number of H-pyrrole nitrogens is 1. The summed E-state index contributed by atoms with van der Waals surface area (Å²) in [5, 5.41) is 11.5. The fraction of sp³-hybridized carbons (Fsp3) is 0.444. The Labute approximate surface area is 219 Å². The predicted octanol–water partition coefficient (Wildman–Crippen LogP) is 4.14. The zero-order valence-electron chi connectivity index (χ0n) is 20.9. The maximum Gasteiger partial charge on any atom is 0.314 e. The molecule has 2 aliphatic rings. The van der Waals surface area contributed by atoms with Crippen LogP contribution in [0.4, 0.5) is 5.69 Å². The molecule has 10 heteroatoms. The lowest BCUT2D eigenvalue weighted by Crippen LogP contribution is -2.46. The number of aromatic nitrogens is 4. The Balaban J connectivity index is 1.20. The number of anilines is 1. The van der Waals surface area contributed by atoms with E-state index in [-0.39, 0.29) is 6.04 Å². The second-order valence-electron chi connectivity index (χ2n) is 10.3. The van der Waals surface area contributed by atoms with E-state index >= 15 is 0 Å². The summed E-state index contributed by atoms with van der Waals surface area (Å²) in [6.45, 7) is 6.12. The standard InChI is InChI=1S/C27H31N7O2S/c1-17-4-6-22(18-5-7-23-20(12-18)30-24(37-23)8-11-33-9-2-3-10-33)34(16-17)27(36)26(35)31-21-15-28-13-19-14-29-32-25(19)21/h5,7,12-15,17,22H,2-4,6,8-11,16H2,1H3,(H,29,32)(H,31,35)/t17-,22+/m0/s1. The molecular formula is C27H31N7O2S. The lowest BCUT2D eigenvalue weighted by Gasteiger charge is -2.38. The molecule has 0 aliphatic carbocycles. The number of fused-ring (bicyclic) bond motifs is 2. The Kier molecular flexibility index (Phi) is 6.60. The van der Waals surface area contributed by atoms with E-state index in [9.17, 15) is 9.59 Å². The SMILES string of the molecule is C[C@H]1CC[C@H](c2ccc3sc(CCN4CCCC4)nc3c2)N(C(=O)C(=O)Nc2cncc3cn[nH]c23)C1. The Bertz CT molecular complexity index is 1440. The molecule has 0 spiro atoms. The molecule has 2 saturated heterocycles. The molecule has 1 aromatic carbocycles. The van der Waals surface area contributed by atoms with Crippen molar-refractivity contribution in [1.82, 2.24) is 30.0 Å². The number of hydrogen-bond donors (Lipinski definition) is 2. The molecule has 192 valence electrons. The smallest absolute Gasteiger partial charge is 0.314 e. The number of amides is 2. The van der Waals surface area contributed by atoms with Gasteiger partial charge in [0.15, 0.2) is 0 Å². The zero-order chi connectivity index (χ0) is 25.4. The number of nitrogens with one attached hydrogen (secondary N) is 2. The van der Waals surface area contributed by atoms with Gasteiger partial charge in [-0.3, -0.25) is 19.7 Å². The summed E-state index contributed by atoms with van der Waals surface area (Å²) in [6.07, 6.45) is 10.2. The van der Waals surface area contributed by atoms with Crippen LogP contribution in [0.2, 0.25) is 0 Å². The highest BCUT2D eigenvalue weighted by molar-refractivity contribution is 7.18. The summed E-state index contributed by atoms with van der Waals surface area (Å²) in [7, 11) is 0. The first-order chi connectivity index (χ1) is 18.0. The molecule has 9 nitrogen and oxygen atoms in total. The second kappa shape index (κ2) is 10.2. The van der Waals surface area contributed by atoms with E-state index in [1.807, 2.05) is 0 Å². The van der Waals surface area contributed by atoms with E-state index < -0.39 is 11.8 Å². The molecule has 5 heterocycles. The van der Waals surface area contributed by atoms with Crippen molar-refractivity contribution < 1.29 is 9.59 Å². The molecule has 2 amide bonds. The van der Waals surface area contributed by atoms with Crippen LogP contribution in [-0.2, 0) is 16.0 Å². The molecule has 37 heavy (non-hydrogen) atoms. The van der Waals surface area contributed by atoms with Gasteiger partial charge in [-0.2, -0.15) is 5.10 Å². The first-order valence-corrected chi connectivity index (χ1v) is 13.9. The van der Waals surface area contributed by atoms with Gasteiger partial charge in [0.05, 0.1) is 44.9 Å². The van der Waals surface area contributed by atoms with Crippen LogP contribution in [0.3, 0.4) is 0 Å². The average molecular weight is 518 g/mol. The van der Waals surface area contributed by atoms with E-state index in [4.69, 9.17) is 4.98 Å². The van der Waals surface area contributed by atoms with Crippen LogP contribution in [0.15, 0.2) is 36.8 Å². The topological polar surface area (TPSA) is 107 Å². The molecule has 0 saturated carbocycles. The molecule has 2 aliphatic heterocycles. The fourth-order valence-corrected chi connectivity index (χ4v) is 6.49. The normalized spacial score (nSPS) is 20.6. The average Bonchev–Trinajstić information content (AvgIpc) is 3.67. The minimum absolute atomic E-state index is 0.158. The number of benzene rings is 1. The van der Waals surface area contributed by atoms with Gasteiger partial charge >= 0.3 is 11.8 Å². The molecular weight excluding hydrogens is 486 g/mol. The van der Waals surface area contributed by atoms with E-state index in [2.05, 4.69) is 50.5 Å². The van der Waals surface area contributed by atoms with Gasteiger partial charge in [-0.25, -0.2) is 4.98 Å². The van der Waals surface area contributed by atoms with E-state index in [0.717, 1.165) is 47.3 Å². The summed E-state index contributed by atoms with van der Waals surface area (Å²) in [6, 6.07) is 6.17. The van der Waals surface area contributed by atoms with Gasteiger partial charge in [-0.1, -0.05) is 13.0 Å². The van der Waals surface area contributed by atoms with E-state index in [1.165, 1.54) is 36.8 Å². The summed E-state index contributed by atoms with van der Waals surface area (Å²) in [5.74, 6) is -0.870. The molecule has 6 rings (SSSR count). The molecule has 0 unspecified atom stereocenters. The van der Waals surface area contributed by atoms with E-state index in [1.54, 1.807) is 28.6 Å². The van der Waals surface area contributed by atoms with Crippen LogP contribution in [0.5, 0.6) is 0 Å². The predicted molar refractivity (Wildman–Crippen MR) is 144 cm³/mol. The Hall–Kier alpha value is -3.37. The maximum atomic E-state index is 13.4. The number of carbonyl (C=O) groups excluding carboxylic acids is 2. The Morgan fingerprint density at radius 3 is 2.89 bits per heavy atom. The molecule has 0 radical (unpaired) electrons. The quantitative estimate of drug-likeness (QED) is 0.385. The third-order valence-electron chi connectivity index (χ3n) is 7.56. The van der Waals surface area contributed by atoms with Gasteiger partial charge in [0.1, 0.15) is 0 Å². The van der Waals surface area contributed by atoms with Crippen LogP contribution in [0, 0.1) is 5.92 Å². The summed E-state index contributed by atoms with van der Waals surface area (Å²) >= 11 is 1.75. The largest absolute Gasteiger partial charge is 0.327 e. The van der Waals surface area contributed by atoms with Crippen molar-refractivity contribution in [2.24, 2.45) is 5.92 Å². The van der Waals surface area contributed by atoms with Crippen LogP contribution in [0.25, 0.3) is 21.1 Å². The number of aromatic amines is 1. The minimum Gasteiger partial charge on any atom is -0.327 e. The molecule has 4 aromatic rings. The molecule has 3 aromatic heterocycles. The van der Waals surface area contributed by atoms with Gasteiger partial charge in [-0.15, -0.1) is 11.3 Å². The lowest BCUT2D eigenvalue weighted by molar-refractivity contribution is -0.146. The number of carbonyl (C=O) groups is 2. The lowest BCUT2D eigenvalue weighted by atomic mass is 9.89. The van der Waals surface area contributed by atoms with Crippen LogP contribution in [0.1, 0.15) is 49.2 Å². The highest BCUT2D eigenvalue weighted by Crippen LogP contribution is 2.36. The number of pyridine rings is 1. The molecule has 0 bridgehead atoms. The van der Waals surface area contributed by atoms with Crippen LogP contribution < -0.4 is 5.32 Å². The van der Waals surface area contributed by atoms with Gasteiger partial charge in [-0.05, 0) is 62.4 Å². The van der Waals surface area contributed by atoms with Crippen molar-refractivity contribution in [3.05, 3.63) is 47.4 Å². The second-order valence-corrected chi connectivity index (χ2v) is 11.4. The molecule has 2 fully saturated rings. The first-order valence-electron chi connectivity index (χ1n) is 13.1. The fourth-order valence-electron chi connectivity index (χ4n) is 5.56. The highest BCUT2D eigenvalue weighted by atomic mass is 32.1. The monoisotopic (exact) mass is 517 g/mol. The Morgan fingerprint density at radius 2 is 2.03 bits per heavy atom. The van der Waals surface area contributed by atoms with Crippen molar-refractivity contribution in [3.63, 3.8) is 0 Å². The Morgan fingerprint density at radius 1 is 1.16 bits per heavy atom. The zero-order valence-corrected chi connectivity index (χ0v) is 21.8. The van der Waals surface area contributed by atoms with Gasteiger partial charge in [0.2, 0.25) is 0 Å². The van der Waals surface area contributed by atoms with Crippen molar-refractivity contribution in [2.75, 3.05) is 31.5 Å². The number of hydrogen-bond acceptors (Lipinski definition) is 7.